The molecule has 0 aliphatic carbocycles. The molecule has 2 unspecified atom stereocenters. The van der Waals surface area contributed by atoms with Gasteiger partial charge in [-0.15, -0.1) is 0 Å². The molecule has 136 valence electrons. The van der Waals surface area contributed by atoms with Gasteiger partial charge >= 0.3 is 5.97 Å². The second-order valence-electron chi connectivity index (χ2n) is 5.62. The summed E-state index contributed by atoms with van der Waals surface area (Å²) in [7, 11) is 1.62. The molecular weight excluding hydrogens is 340 g/mol. The molecule has 1 heterocycles. The van der Waals surface area contributed by atoms with Gasteiger partial charge in [0.15, 0.2) is 5.11 Å². The molecule has 0 aromatic heterocycles. The lowest BCUT2D eigenvalue weighted by Crippen LogP contribution is -2.44. The van der Waals surface area contributed by atoms with Gasteiger partial charge in [-0.3, -0.25) is 4.79 Å². The van der Waals surface area contributed by atoms with Crippen molar-refractivity contribution in [3.63, 3.8) is 0 Å². The van der Waals surface area contributed by atoms with Crippen molar-refractivity contribution in [3.8, 4) is 5.75 Å². The summed E-state index contributed by atoms with van der Waals surface area (Å²) in [5.74, 6) is -0.0976. The van der Waals surface area contributed by atoms with Gasteiger partial charge < -0.3 is 19.5 Å². The molecule has 25 heavy (non-hydrogen) atoms. The summed E-state index contributed by atoms with van der Waals surface area (Å²) in [6.07, 6.45) is 0. The maximum Gasteiger partial charge on any atom is 0.317 e. The van der Waals surface area contributed by atoms with Gasteiger partial charge in [0.05, 0.1) is 26.4 Å². The van der Waals surface area contributed by atoms with E-state index in [2.05, 4.69) is 10.3 Å². The van der Waals surface area contributed by atoms with Crippen LogP contribution in [0, 0.1) is 5.92 Å². The van der Waals surface area contributed by atoms with E-state index in [1.807, 2.05) is 25.1 Å². The van der Waals surface area contributed by atoms with Crippen molar-refractivity contribution in [1.29, 1.82) is 0 Å². The molecule has 0 bridgehead atoms. The first-order valence-electron chi connectivity index (χ1n) is 8.28. The Hall–Kier alpha value is -1.99. The minimum absolute atomic E-state index is 0.314. The topological polar surface area (TPSA) is 69.2 Å². The predicted molar refractivity (Wildman–Crippen MR) is 100 cm³/mol. The Labute approximate surface area is 153 Å². The van der Waals surface area contributed by atoms with E-state index in [1.165, 1.54) is 0 Å². The number of nitrogens with zero attached hydrogens (tertiary/aromatic N) is 1. The smallest absolute Gasteiger partial charge is 0.317 e. The Morgan fingerprint density at radius 1 is 1.32 bits per heavy atom. The number of hydrogen-bond acceptors (Lipinski definition) is 5. The molecule has 1 aliphatic rings. The van der Waals surface area contributed by atoms with Crippen LogP contribution < -0.4 is 10.1 Å². The Bertz CT molecular complexity index is 675. The number of ether oxygens (including phenoxy) is 3. The molecule has 0 saturated carbocycles. The molecule has 1 aromatic carbocycles. The number of nitrogens with one attached hydrogen (secondary N) is 1. The first-order valence-corrected chi connectivity index (χ1v) is 8.69. The second-order valence-corrected chi connectivity index (χ2v) is 6.01. The zero-order valence-corrected chi connectivity index (χ0v) is 15.8. The fourth-order valence-corrected chi connectivity index (χ4v) is 3.12. The first kappa shape index (κ1) is 19.3. The van der Waals surface area contributed by atoms with Gasteiger partial charge in [0.25, 0.3) is 0 Å². The molecule has 1 aromatic rings. The number of hydrogen-bond donors (Lipinski definition) is 1. The zero-order valence-electron chi connectivity index (χ0n) is 15.0. The highest BCUT2D eigenvalue weighted by Gasteiger charge is 2.37. The van der Waals surface area contributed by atoms with Crippen LogP contribution in [0.3, 0.4) is 0 Å². The molecule has 7 heteroatoms. The van der Waals surface area contributed by atoms with Crippen molar-refractivity contribution in [3.05, 3.63) is 29.3 Å². The summed E-state index contributed by atoms with van der Waals surface area (Å²) in [6, 6.07) is 5.42. The van der Waals surface area contributed by atoms with E-state index < -0.39 is 5.92 Å². The lowest BCUT2D eigenvalue weighted by molar-refractivity contribution is -0.146. The van der Waals surface area contributed by atoms with E-state index in [0.717, 1.165) is 16.9 Å². The summed E-state index contributed by atoms with van der Waals surface area (Å²) in [4.78, 5) is 16.7. The monoisotopic (exact) mass is 364 g/mol. The maximum atomic E-state index is 12.4. The van der Waals surface area contributed by atoms with Crippen LogP contribution in [0.5, 0.6) is 5.75 Å². The number of methoxy groups -OCH3 is 1. The van der Waals surface area contributed by atoms with Crippen LogP contribution in [0.4, 0.5) is 0 Å². The molecule has 6 nitrogen and oxygen atoms in total. The predicted octanol–water partition coefficient (Wildman–Crippen LogP) is 2.80. The normalized spacial score (nSPS) is 19.8. The molecule has 2 atom stereocenters. The van der Waals surface area contributed by atoms with E-state index >= 15 is 0 Å². The number of rotatable bonds is 7. The Balaban J connectivity index is 2.40. The second kappa shape index (κ2) is 8.92. The number of aliphatic imine (C=N–C) groups is 1. The van der Waals surface area contributed by atoms with Gasteiger partial charge in [-0.25, -0.2) is 4.99 Å². The molecule has 0 fully saturated rings. The zero-order chi connectivity index (χ0) is 18.4. The van der Waals surface area contributed by atoms with Crippen molar-refractivity contribution < 1.29 is 19.0 Å². The standard InChI is InChI=1S/C18H24N2O4S/c1-5-23-10-13-9-12(7-8-14(13)22-4)16-15(17(21)24-6-2)11(3)19-18(25)20-16/h7-9,15-16H,5-6,10H2,1-4H3,(H,20,25). The van der Waals surface area contributed by atoms with Crippen molar-refractivity contribution in [2.75, 3.05) is 20.3 Å². The SMILES string of the molecule is CCOCc1cc(C2NC(=S)N=C(C)C2C(=O)OCC)ccc1OC. The molecule has 1 aliphatic heterocycles. The van der Waals surface area contributed by atoms with Gasteiger partial charge in [0.2, 0.25) is 0 Å². The van der Waals surface area contributed by atoms with Crippen molar-refractivity contribution in [1.82, 2.24) is 5.32 Å². The Kier molecular flexibility index (Phi) is 6.90. The first-order chi connectivity index (χ1) is 12.0. The van der Waals surface area contributed by atoms with Crippen molar-refractivity contribution in [2.45, 2.75) is 33.4 Å². The number of carbonyl (C=O) groups is 1. The van der Waals surface area contributed by atoms with Crippen LogP contribution in [0.1, 0.15) is 37.9 Å². The van der Waals surface area contributed by atoms with Crippen LogP contribution in [-0.2, 0) is 20.9 Å². The molecule has 1 N–H and O–H groups in total. The molecule has 0 radical (unpaired) electrons. The molecule has 0 spiro atoms. The van der Waals surface area contributed by atoms with E-state index in [4.69, 9.17) is 26.4 Å². The van der Waals surface area contributed by atoms with Gasteiger partial charge in [-0.1, -0.05) is 6.07 Å². The summed E-state index contributed by atoms with van der Waals surface area (Å²) in [5, 5.41) is 3.50. The lowest BCUT2D eigenvalue weighted by Gasteiger charge is -2.31. The third kappa shape index (κ3) is 4.55. The Morgan fingerprint density at radius 2 is 2.08 bits per heavy atom. The van der Waals surface area contributed by atoms with E-state index in [-0.39, 0.29) is 12.0 Å². The van der Waals surface area contributed by atoms with Gasteiger partial charge in [0.1, 0.15) is 11.7 Å². The van der Waals surface area contributed by atoms with Crippen molar-refractivity contribution in [2.24, 2.45) is 10.9 Å². The number of benzene rings is 1. The minimum atomic E-state index is -0.528. The fraction of sp³-hybridized carbons (Fsp3) is 0.500. The van der Waals surface area contributed by atoms with E-state index in [0.29, 0.717) is 30.6 Å². The summed E-state index contributed by atoms with van der Waals surface area (Å²) in [6.45, 7) is 6.88. The molecule has 2 rings (SSSR count). The third-order valence-electron chi connectivity index (χ3n) is 4.01. The highest BCUT2D eigenvalue weighted by atomic mass is 32.1. The van der Waals surface area contributed by atoms with Crippen molar-refractivity contribution >= 4 is 29.0 Å². The Morgan fingerprint density at radius 3 is 2.72 bits per heavy atom. The van der Waals surface area contributed by atoms with E-state index in [9.17, 15) is 4.79 Å². The lowest BCUT2D eigenvalue weighted by atomic mass is 9.87. The summed E-state index contributed by atoms with van der Waals surface area (Å²) < 4.78 is 16.1. The van der Waals surface area contributed by atoms with Crippen LogP contribution in [0.15, 0.2) is 23.2 Å². The maximum absolute atomic E-state index is 12.4. The molecular formula is C18H24N2O4S. The van der Waals surface area contributed by atoms with Gasteiger partial charge in [-0.05, 0) is 50.7 Å². The van der Waals surface area contributed by atoms with Crippen LogP contribution in [-0.4, -0.2) is 37.1 Å². The fourth-order valence-electron chi connectivity index (χ4n) is 2.85. The molecule has 0 saturated heterocycles. The van der Waals surface area contributed by atoms with Crippen LogP contribution in [0.25, 0.3) is 0 Å². The summed E-state index contributed by atoms with van der Waals surface area (Å²) in [5.41, 5.74) is 2.47. The average molecular weight is 364 g/mol. The highest BCUT2D eigenvalue weighted by Crippen LogP contribution is 2.31. The van der Waals surface area contributed by atoms with E-state index in [1.54, 1.807) is 21.0 Å². The number of esters is 1. The van der Waals surface area contributed by atoms with Crippen LogP contribution >= 0.6 is 12.2 Å². The quantitative estimate of drug-likeness (QED) is 0.593. The highest BCUT2D eigenvalue weighted by molar-refractivity contribution is 7.80. The van der Waals surface area contributed by atoms with Gasteiger partial charge in [0, 0.05) is 17.9 Å². The average Bonchev–Trinajstić information content (AvgIpc) is 2.59. The minimum Gasteiger partial charge on any atom is -0.496 e. The number of carbonyl (C=O) groups excluding carboxylic acids is 1. The largest absolute Gasteiger partial charge is 0.496 e. The third-order valence-corrected chi connectivity index (χ3v) is 4.22. The summed E-state index contributed by atoms with van der Waals surface area (Å²) >= 11 is 5.22. The molecule has 0 amide bonds. The van der Waals surface area contributed by atoms with Crippen LogP contribution in [0.2, 0.25) is 0 Å². The number of thiocarbonyl (C=S) groups is 1. The van der Waals surface area contributed by atoms with Gasteiger partial charge in [-0.2, -0.15) is 0 Å².